The summed E-state index contributed by atoms with van der Waals surface area (Å²) in [5, 5.41) is 2.97. The van der Waals surface area contributed by atoms with Crippen molar-refractivity contribution in [3.63, 3.8) is 0 Å². The van der Waals surface area contributed by atoms with Crippen molar-refractivity contribution in [1.82, 2.24) is 20.2 Å². The van der Waals surface area contributed by atoms with Gasteiger partial charge in [0.25, 0.3) is 5.56 Å². The van der Waals surface area contributed by atoms with E-state index in [0.29, 0.717) is 35.8 Å². The number of carbonyl (C=O) groups is 3. The van der Waals surface area contributed by atoms with Gasteiger partial charge in [-0.1, -0.05) is 47.5 Å². The number of Topliss-reactive ketones (excluding diaryl/α,β-unsaturated/α-hetero) is 1. The Kier molecular flexibility index (Phi) is 8.49. The number of H-pyrrole nitrogens is 1. The number of unbranched alkanes of at least 4 members (excludes halogenated alkanes) is 2. The summed E-state index contributed by atoms with van der Waals surface area (Å²) in [5.41, 5.74) is 1.36. The highest BCUT2D eigenvalue weighted by molar-refractivity contribution is 5.93. The van der Waals surface area contributed by atoms with Crippen molar-refractivity contribution in [2.24, 2.45) is 27.6 Å². The van der Waals surface area contributed by atoms with Crippen molar-refractivity contribution in [2.75, 3.05) is 13.7 Å². The van der Waals surface area contributed by atoms with E-state index in [1.54, 1.807) is 25.0 Å². The van der Waals surface area contributed by atoms with E-state index >= 15 is 0 Å². The maximum Gasteiger partial charge on any atom is 0.408 e. The Morgan fingerprint density at radius 2 is 1.85 bits per heavy atom. The van der Waals surface area contributed by atoms with Gasteiger partial charge in [-0.2, -0.15) is 0 Å². The molecule has 2 bridgehead atoms. The summed E-state index contributed by atoms with van der Waals surface area (Å²) in [6, 6.07) is 4.19. The Morgan fingerprint density at radius 3 is 2.49 bits per heavy atom. The summed E-state index contributed by atoms with van der Waals surface area (Å²) >= 11 is 0. The van der Waals surface area contributed by atoms with E-state index in [1.807, 2.05) is 32.9 Å². The lowest BCUT2D eigenvalue weighted by Gasteiger charge is -2.63. The predicted octanol–water partition coefficient (Wildman–Crippen LogP) is 5.95. The molecule has 6 saturated carbocycles. The number of nitrogens with zero attached hydrogens (tertiary/aromatic N) is 2. The molecular weight excluding hydrogens is 596 g/mol. The second-order valence-corrected chi connectivity index (χ2v) is 16.4. The minimum Gasteiger partial charge on any atom is -0.497 e. The number of carbonyl (C=O) groups excluding carboxylic acids is 3. The van der Waals surface area contributed by atoms with Crippen LogP contribution < -0.4 is 15.6 Å². The Labute approximate surface area is 277 Å². The molecule has 256 valence electrons. The van der Waals surface area contributed by atoms with Crippen LogP contribution in [0.5, 0.6) is 5.75 Å². The monoisotopic (exact) mass is 648 g/mol. The number of aromatic amines is 1. The number of ether oxygens (including phenoxy) is 2. The maximum atomic E-state index is 14.0. The van der Waals surface area contributed by atoms with Gasteiger partial charge in [0.1, 0.15) is 23.6 Å². The van der Waals surface area contributed by atoms with Crippen molar-refractivity contribution in [1.29, 1.82) is 0 Å². The van der Waals surface area contributed by atoms with Gasteiger partial charge in [0.2, 0.25) is 5.91 Å². The molecule has 0 spiro atoms. The van der Waals surface area contributed by atoms with E-state index in [0.717, 1.165) is 63.3 Å². The summed E-state index contributed by atoms with van der Waals surface area (Å²) in [6.07, 6.45) is 8.66. The van der Waals surface area contributed by atoms with Crippen molar-refractivity contribution in [3.05, 3.63) is 34.2 Å². The molecule has 6 aliphatic carbocycles. The molecule has 2 aromatic rings. The zero-order chi connectivity index (χ0) is 33.9. The van der Waals surface area contributed by atoms with Crippen LogP contribution in [0, 0.1) is 27.6 Å². The first-order chi connectivity index (χ1) is 22.1. The van der Waals surface area contributed by atoms with Crippen LogP contribution >= 0.6 is 0 Å². The number of benzene rings is 1. The van der Waals surface area contributed by atoms with E-state index in [-0.39, 0.29) is 39.6 Å². The number of hydrogen-bond donors (Lipinski definition) is 2. The number of likely N-dealkylation sites (tertiary alicyclic amines) is 1. The number of fused-ring (bicyclic) bond motifs is 1. The molecule has 47 heavy (non-hydrogen) atoms. The molecule has 0 radical (unpaired) electrons. The van der Waals surface area contributed by atoms with E-state index < -0.39 is 23.6 Å². The van der Waals surface area contributed by atoms with Crippen LogP contribution in [0.4, 0.5) is 4.79 Å². The lowest BCUT2D eigenvalue weighted by Crippen LogP contribution is -2.59. The molecule has 2 N–H and O–H groups in total. The molecule has 1 aromatic carbocycles. The van der Waals surface area contributed by atoms with Gasteiger partial charge < -0.3 is 24.7 Å². The smallest absolute Gasteiger partial charge is 0.408 e. The largest absolute Gasteiger partial charge is 0.497 e. The molecule has 7 aliphatic rings. The number of aryl methyl sites for hydroxylation is 1. The van der Waals surface area contributed by atoms with E-state index in [4.69, 9.17) is 9.47 Å². The van der Waals surface area contributed by atoms with Gasteiger partial charge in [0.05, 0.1) is 24.2 Å². The molecule has 9 rings (SSSR count). The van der Waals surface area contributed by atoms with Crippen molar-refractivity contribution >= 4 is 28.8 Å². The highest BCUT2D eigenvalue weighted by Crippen LogP contribution is 2.86. The fraction of sp³-hybridized carbons (Fsp3) is 0.703. The molecule has 10 nitrogen and oxygen atoms in total. The van der Waals surface area contributed by atoms with Crippen LogP contribution in [0.1, 0.15) is 105 Å². The molecular formula is C37H52N4O6. The Morgan fingerprint density at radius 1 is 1.13 bits per heavy atom. The van der Waals surface area contributed by atoms with E-state index in [9.17, 15) is 19.2 Å². The maximum absolute atomic E-state index is 14.0. The van der Waals surface area contributed by atoms with E-state index in [2.05, 4.69) is 29.1 Å². The third-order valence-electron chi connectivity index (χ3n) is 12.2. The quantitative estimate of drug-likeness (QED) is 0.272. The average molecular weight is 649 g/mol. The Hall–Kier alpha value is -3.43. The average Bonchev–Trinajstić information content (AvgIpc) is 3.63. The minimum absolute atomic E-state index is 0.0106. The number of hydrogen-bond acceptors (Lipinski definition) is 7. The minimum atomic E-state index is -0.800. The molecule has 2 amide bonds. The van der Waals surface area contributed by atoms with Crippen LogP contribution in [0.3, 0.4) is 0 Å². The number of nitrogens with one attached hydrogen (secondary N) is 2. The molecule has 1 aromatic heterocycles. The standard InChI is InChI=1S/C37H52N4O6/c1-8-35(6)16-17-41(29(35)22(2)42)32(44)28(34(3,4)5)40-33(45)47-30-24(36-19-37(30,20-36)21-36)12-10-9-11-13-26-31(43)39-27-18-23(46-7)14-15-25(27)38-26/h14-15,18,24,28-30H,8-13,16-17,19-21H2,1-7H3,(H,39,43)(H,40,45)/t24-,28+,29+,30?,35+,36?,37?/m0/s1. The topological polar surface area (TPSA) is 131 Å². The van der Waals surface area contributed by atoms with Crippen molar-refractivity contribution in [3.8, 4) is 5.75 Å². The van der Waals surface area contributed by atoms with Gasteiger partial charge >= 0.3 is 6.09 Å². The fourth-order valence-electron chi connectivity index (χ4n) is 9.71. The lowest BCUT2D eigenvalue weighted by molar-refractivity contribution is -0.157. The van der Waals surface area contributed by atoms with Crippen LogP contribution in [-0.4, -0.2) is 64.5 Å². The summed E-state index contributed by atoms with van der Waals surface area (Å²) in [4.78, 5) is 62.1. The van der Waals surface area contributed by atoms with Crippen LogP contribution in [0.15, 0.2) is 23.0 Å². The second-order valence-electron chi connectivity index (χ2n) is 16.4. The second kappa shape index (κ2) is 11.9. The highest BCUT2D eigenvalue weighted by atomic mass is 16.6. The molecule has 7 fully saturated rings. The third-order valence-corrected chi connectivity index (χ3v) is 12.2. The number of methoxy groups -OCH3 is 1. The number of rotatable bonds is 12. The summed E-state index contributed by atoms with van der Waals surface area (Å²) in [5.74, 6) is 0.777. The molecule has 1 unspecified atom stereocenters. The van der Waals surface area contributed by atoms with Gasteiger partial charge in [0, 0.05) is 23.9 Å². The number of amides is 2. The SMILES string of the molecule is CC[C@]1(C)CCN(C(=O)[C@@H](NC(=O)OC2[C@H](CCCCCc3nc4ccc(OC)cc4[nH]c3=O)C34CC2(C3)C4)C(C)(C)C)[C@@H]1C(C)=O. The van der Waals surface area contributed by atoms with Gasteiger partial charge in [-0.25, -0.2) is 9.78 Å². The fourth-order valence-corrected chi connectivity index (χ4v) is 9.71. The Balaban J connectivity index is 1.05. The summed E-state index contributed by atoms with van der Waals surface area (Å²) in [6.45, 7) is 12.0. The lowest BCUT2D eigenvalue weighted by atomic mass is 9.41. The van der Waals surface area contributed by atoms with Crippen molar-refractivity contribution in [2.45, 2.75) is 124 Å². The predicted molar refractivity (Wildman–Crippen MR) is 179 cm³/mol. The molecule has 1 saturated heterocycles. The van der Waals surface area contributed by atoms with Gasteiger partial charge in [-0.05, 0) is 86.7 Å². The molecule has 5 atom stereocenters. The van der Waals surface area contributed by atoms with Gasteiger partial charge in [0.15, 0.2) is 5.78 Å². The first-order valence-corrected chi connectivity index (χ1v) is 17.5. The Bertz CT molecular complexity index is 1610. The normalized spacial score (nSPS) is 31.2. The molecule has 10 heteroatoms. The van der Waals surface area contributed by atoms with E-state index in [1.165, 1.54) is 0 Å². The zero-order valence-corrected chi connectivity index (χ0v) is 29.2. The molecule has 1 aliphatic heterocycles. The van der Waals surface area contributed by atoms with Gasteiger partial charge in [-0.3, -0.25) is 14.4 Å². The number of aromatic nitrogens is 2. The number of alkyl carbamates (subject to hydrolysis) is 1. The zero-order valence-electron chi connectivity index (χ0n) is 29.2. The molecule has 2 heterocycles. The summed E-state index contributed by atoms with van der Waals surface area (Å²) in [7, 11) is 1.59. The van der Waals surface area contributed by atoms with Crippen LogP contribution in [-0.2, 0) is 20.7 Å². The van der Waals surface area contributed by atoms with Crippen LogP contribution in [0.2, 0.25) is 0 Å². The van der Waals surface area contributed by atoms with Crippen molar-refractivity contribution < 1.29 is 23.9 Å². The van der Waals surface area contributed by atoms with Crippen LogP contribution in [0.25, 0.3) is 11.0 Å². The number of ketones is 1. The third kappa shape index (κ3) is 5.73. The van der Waals surface area contributed by atoms with Gasteiger partial charge in [-0.15, -0.1) is 0 Å². The summed E-state index contributed by atoms with van der Waals surface area (Å²) < 4.78 is 11.5. The highest BCUT2D eigenvalue weighted by Gasteiger charge is 2.83. The first kappa shape index (κ1) is 33.5. The first-order valence-electron chi connectivity index (χ1n) is 17.5.